The van der Waals surface area contributed by atoms with E-state index in [1.54, 1.807) is 26.4 Å². The molecule has 0 heterocycles. The minimum Gasteiger partial charge on any atom is -0.495 e. The second-order valence-electron chi connectivity index (χ2n) is 5.65. The molecule has 0 bridgehead atoms. The molecule has 0 aliphatic heterocycles. The van der Waals surface area contributed by atoms with Gasteiger partial charge in [0.15, 0.2) is 5.11 Å². The van der Waals surface area contributed by atoms with Crippen LogP contribution in [0.1, 0.15) is 32.6 Å². The van der Waals surface area contributed by atoms with E-state index in [-0.39, 0.29) is 0 Å². The van der Waals surface area contributed by atoms with Crippen molar-refractivity contribution in [2.45, 2.75) is 38.6 Å². The van der Waals surface area contributed by atoms with E-state index < -0.39 is 0 Å². The molecule has 22 heavy (non-hydrogen) atoms. The summed E-state index contributed by atoms with van der Waals surface area (Å²) in [6.45, 7) is 2.27. The van der Waals surface area contributed by atoms with Crippen LogP contribution in [-0.2, 0) is 0 Å². The standard InChI is InChI=1S/C16H23ClN2O2S/c1-10-6-4-5-7-12(10)18-16(22)19-13-8-11(17)14(20-2)9-15(13)21-3/h8-10,12H,4-7H2,1-3H3,(H2,18,19,22)/t10-,12+/m0/s1. The first-order chi connectivity index (χ1) is 10.5. The van der Waals surface area contributed by atoms with E-state index in [0.29, 0.717) is 33.6 Å². The summed E-state index contributed by atoms with van der Waals surface area (Å²) < 4.78 is 10.6. The van der Waals surface area contributed by atoms with E-state index in [0.717, 1.165) is 12.1 Å². The zero-order valence-corrected chi connectivity index (χ0v) is 14.8. The molecule has 122 valence electrons. The van der Waals surface area contributed by atoms with Gasteiger partial charge in [0.25, 0.3) is 0 Å². The molecule has 0 aromatic heterocycles. The fraction of sp³-hybridized carbons (Fsp3) is 0.562. The molecule has 2 rings (SSSR count). The van der Waals surface area contributed by atoms with Gasteiger partial charge in [0, 0.05) is 12.1 Å². The number of benzene rings is 1. The summed E-state index contributed by atoms with van der Waals surface area (Å²) in [5.41, 5.74) is 0.731. The third kappa shape index (κ3) is 4.17. The molecule has 4 nitrogen and oxygen atoms in total. The third-order valence-electron chi connectivity index (χ3n) is 4.15. The summed E-state index contributed by atoms with van der Waals surface area (Å²) in [5, 5.41) is 7.69. The Morgan fingerprint density at radius 3 is 2.50 bits per heavy atom. The highest BCUT2D eigenvalue weighted by molar-refractivity contribution is 7.80. The van der Waals surface area contributed by atoms with Crippen molar-refractivity contribution < 1.29 is 9.47 Å². The summed E-state index contributed by atoms with van der Waals surface area (Å²) in [6.07, 6.45) is 4.96. The van der Waals surface area contributed by atoms with Crippen LogP contribution in [-0.4, -0.2) is 25.4 Å². The largest absolute Gasteiger partial charge is 0.495 e. The van der Waals surface area contributed by atoms with Gasteiger partial charge in [-0.2, -0.15) is 0 Å². The average Bonchev–Trinajstić information content (AvgIpc) is 2.50. The number of thiocarbonyl (C=S) groups is 1. The predicted molar refractivity (Wildman–Crippen MR) is 95.3 cm³/mol. The van der Waals surface area contributed by atoms with Gasteiger partial charge in [0.2, 0.25) is 0 Å². The molecular weight excluding hydrogens is 320 g/mol. The van der Waals surface area contributed by atoms with Crippen LogP contribution in [0.4, 0.5) is 5.69 Å². The molecule has 2 atom stereocenters. The summed E-state index contributed by atoms with van der Waals surface area (Å²) >= 11 is 11.6. The van der Waals surface area contributed by atoms with Crippen molar-refractivity contribution in [2.24, 2.45) is 5.92 Å². The van der Waals surface area contributed by atoms with Crippen LogP contribution in [0.3, 0.4) is 0 Å². The third-order valence-corrected chi connectivity index (χ3v) is 4.67. The van der Waals surface area contributed by atoms with Gasteiger partial charge in [-0.05, 0) is 37.0 Å². The summed E-state index contributed by atoms with van der Waals surface area (Å²) in [6, 6.07) is 3.93. The molecule has 1 aliphatic carbocycles. The monoisotopic (exact) mass is 342 g/mol. The maximum atomic E-state index is 6.17. The molecule has 0 amide bonds. The van der Waals surface area contributed by atoms with Crippen LogP contribution in [0, 0.1) is 5.92 Å². The number of methoxy groups -OCH3 is 2. The normalized spacial score (nSPS) is 21.1. The summed E-state index contributed by atoms with van der Waals surface area (Å²) in [4.78, 5) is 0. The molecule has 0 unspecified atom stereocenters. The Hall–Kier alpha value is -1.20. The number of halogens is 1. The molecule has 0 saturated heterocycles. The molecule has 0 spiro atoms. The Morgan fingerprint density at radius 1 is 1.18 bits per heavy atom. The number of hydrogen-bond donors (Lipinski definition) is 2. The van der Waals surface area contributed by atoms with Crippen LogP contribution < -0.4 is 20.1 Å². The molecule has 1 aliphatic rings. The van der Waals surface area contributed by atoms with Crippen LogP contribution >= 0.6 is 23.8 Å². The topological polar surface area (TPSA) is 42.5 Å². The maximum absolute atomic E-state index is 6.17. The van der Waals surface area contributed by atoms with E-state index in [1.807, 2.05) is 0 Å². The van der Waals surface area contributed by atoms with Crippen molar-refractivity contribution in [2.75, 3.05) is 19.5 Å². The van der Waals surface area contributed by atoms with Crippen LogP contribution in [0.5, 0.6) is 11.5 Å². The number of ether oxygens (including phenoxy) is 2. The van der Waals surface area contributed by atoms with E-state index in [9.17, 15) is 0 Å². The fourth-order valence-corrected chi connectivity index (χ4v) is 3.32. The Labute approximate surface area is 142 Å². The van der Waals surface area contributed by atoms with Gasteiger partial charge in [-0.1, -0.05) is 31.4 Å². The van der Waals surface area contributed by atoms with Crippen LogP contribution in [0.2, 0.25) is 5.02 Å². The zero-order valence-electron chi connectivity index (χ0n) is 13.2. The second-order valence-corrected chi connectivity index (χ2v) is 6.47. The quantitative estimate of drug-likeness (QED) is 0.802. The fourth-order valence-electron chi connectivity index (χ4n) is 2.82. The predicted octanol–water partition coefficient (Wildman–Crippen LogP) is 4.22. The van der Waals surface area contributed by atoms with Crippen molar-refractivity contribution in [3.63, 3.8) is 0 Å². The van der Waals surface area contributed by atoms with Gasteiger partial charge in [-0.25, -0.2) is 0 Å². The van der Waals surface area contributed by atoms with Crippen molar-refractivity contribution in [3.05, 3.63) is 17.2 Å². The van der Waals surface area contributed by atoms with E-state index >= 15 is 0 Å². The lowest BCUT2D eigenvalue weighted by Gasteiger charge is -2.30. The first kappa shape index (κ1) is 17.2. The lowest BCUT2D eigenvalue weighted by Crippen LogP contribution is -2.43. The van der Waals surface area contributed by atoms with E-state index in [1.165, 1.54) is 19.3 Å². The molecule has 2 N–H and O–H groups in total. The van der Waals surface area contributed by atoms with Crippen molar-refractivity contribution in [3.8, 4) is 11.5 Å². The molecule has 1 saturated carbocycles. The second kappa shape index (κ2) is 7.88. The smallest absolute Gasteiger partial charge is 0.171 e. The highest BCUT2D eigenvalue weighted by atomic mass is 35.5. The zero-order chi connectivity index (χ0) is 16.1. The van der Waals surface area contributed by atoms with Crippen molar-refractivity contribution in [1.29, 1.82) is 0 Å². The first-order valence-electron chi connectivity index (χ1n) is 7.54. The van der Waals surface area contributed by atoms with Gasteiger partial charge in [0.1, 0.15) is 11.5 Å². The van der Waals surface area contributed by atoms with Crippen LogP contribution in [0.25, 0.3) is 0 Å². The Bertz CT molecular complexity index is 539. The SMILES string of the molecule is COc1cc(OC)c(NC(=S)N[C@@H]2CCCC[C@@H]2C)cc1Cl. The molecule has 1 aromatic carbocycles. The van der Waals surface area contributed by atoms with Gasteiger partial charge in [-0.15, -0.1) is 0 Å². The van der Waals surface area contributed by atoms with Gasteiger partial charge in [0.05, 0.1) is 24.9 Å². The highest BCUT2D eigenvalue weighted by Crippen LogP contribution is 2.36. The molecule has 0 radical (unpaired) electrons. The minimum atomic E-state index is 0.425. The summed E-state index contributed by atoms with van der Waals surface area (Å²) in [7, 11) is 3.18. The Kier molecular flexibility index (Phi) is 6.15. The number of nitrogens with one attached hydrogen (secondary N) is 2. The first-order valence-corrected chi connectivity index (χ1v) is 8.32. The van der Waals surface area contributed by atoms with Gasteiger partial charge in [-0.3, -0.25) is 0 Å². The van der Waals surface area contributed by atoms with Crippen LogP contribution in [0.15, 0.2) is 12.1 Å². The van der Waals surface area contributed by atoms with Crippen molar-refractivity contribution >= 4 is 34.6 Å². The highest BCUT2D eigenvalue weighted by Gasteiger charge is 2.22. The van der Waals surface area contributed by atoms with Crippen molar-refractivity contribution in [1.82, 2.24) is 5.32 Å². The Balaban J connectivity index is 2.06. The van der Waals surface area contributed by atoms with E-state index in [2.05, 4.69) is 17.6 Å². The number of anilines is 1. The summed E-state index contributed by atoms with van der Waals surface area (Å²) in [5.74, 6) is 1.85. The molecule has 1 aromatic rings. The lowest BCUT2D eigenvalue weighted by atomic mass is 9.86. The van der Waals surface area contributed by atoms with E-state index in [4.69, 9.17) is 33.3 Å². The maximum Gasteiger partial charge on any atom is 0.171 e. The Morgan fingerprint density at radius 2 is 1.86 bits per heavy atom. The van der Waals surface area contributed by atoms with Gasteiger partial charge >= 0.3 is 0 Å². The molecule has 6 heteroatoms. The minimum absolute atomic E-state index is 0.425. The number of rotatable bonds is 4. The molecular formula is C16H23ClN2O2S. The average molecular weight is 343 g/mol. The number of hydrogen-bond acceptors (Lipinski definition) is 3. The molecule has 1 fully saturated rings. The lowest BCUT2D eigenvalue weighted by molar-refractivity contribution is 0.309. The van der Waals surface area contributed by atoms with Gasteiger partial charge < -0.3 is 20.1 Å².